The number of nitrogens with one attached hydrogen (secondary N) is 1. The van der Waals surface area contributed by atoms with Crippen molar-refractivity contribution in [3.8, 4) is 17.3 Å². The first kappa shape index (κ1) is 18.8. The molecular formula is C21H14BrFN4O2. The van der Waals surface area contributed by atoms with Crippen molar-refractivity contribution in [2.75, 3.05) is 5.32 Å². The normalized spacial score (nSPS) is 10.6. The summed E-state index contributed by atoms with van der Waals surface area (Å²) in [5.74, 6) is -0.00853. The number of benzene rings is 2. The Kier molecular flexibility index (Phi) is 5.35. The van der Waals surface area contributed by atoms with E-state index in [1.165, 1.54) is 24.4 Å². The number of para-hydroxylation sites is 1. The molecule has 2 aromatic heterocycles. The lowest BCUT2D eigenvalue weighted by Crippen LogP contribution is -2.14. The Morgan fingerprint density at radius 1 is 1.07 bits per heavy atom. The smallest absolute Gasteiger partial charge is 0.262 e. The number of carbonyl (C=O) groups excluding carboxylic acids is 1. The van der Waals surface area contributed by atoms with E-state index in [1.807, 2.05) is 30.3 Å². The van der Waals surface area contributed by atoms with Gasteiger partial charge in [0.15, 0.2) is 5.82 Å². The predicted octanol–water partition coefficient (Wildman–Crippen LogP) is 5.21. The van der Waals surface area contributed by atoms with E-state index in [0.717, 1.165) is 5.69 Å². The van der Waals surface area contributed by atoms with E-state index in [2.05, 4.69) is 31.3 Å². The van der Waals surface area contributed by atoms with E-state index in [-0.39, 0.29) is 11.4 Å². The van der Waals surface area contributed by atoms with Crippen LogP contribution in [0.25, 0.3) is 5.69 Å². The molecule has 2 heterocycles. The second-order valence-electron chi connectivity index (χ2n) is 5.97. The van der Waals surface area contributed by atoms with E-state index in [1.54, 1.807) is 29.1 Å². The zero-order valence-electron chi connectivity index (χ0n) is 14.9. The molecule has 1 amide bonds. The van der Waals surface area contributed by atoms with E-state index in [9.17, 15) is 9.18 Å². The highest BCUT2D eigenvalue weighted by Crippen LogP contribution is 2.31. The first-order valence-electron chi connectivity index (χ1n) is 8.60. The minimum Gasteiger partial charge on any atom is -0.437 e. The van der Waals surface area contributed by atoms with Crippen molar-refractivity contribution in [1.29, 1.82) is 0 Å². The van der Waals surface area contributed by atoms with Gasteiger partial charge in [0.1, 0.15) is 17.1 Å². The van der Waals surface area contributed by atoms with Crippen molar-refractivity contribution in [2.24, 2.45) is 0 Å². The van der Waals surface area contributed by atoms with Gasteiger partial charge in [-0.2, -0.15) is 5.10 Å². The van der Waals surface area contributed by atoms with Crippen LogP contribution in [0.5, 0.6) is 11.6 Å². The predicted molar refractivity (Wildman–Crippen MR) is 110 cm³/mol. The summed E-state index contributed by atoms with van der Waals surface area (Å²) in [6.45, 7) is 0. The number of rotatable bonds is 5. The number of pyridine rings is 1. The van der Waals surface area contributed by atoms with Gasteiger partial charge < -0.3 is 10.1 Å². The lowest BCUT2D eigenvalue weighted by Gasteiger charge is -2.10. The third kappa shape index (κ3) is 4.33. The second kappa shape index (κ2) is 8.24. The van der Waals surface area contributed by atoms with Crippen LogP contribution < -0.4 is 10.1 Å². The van der Waals surface area contributed by atoms with Crippen LogP contribution in [-0.4, -0.2) is 20.7 Å². The fourth-order valence-electron chi connectivity index (χ4n) is 2.61. The van der Waals surface area contributed by atoms with Crippen molar-refractivity contribution < 1.29 is 13.9 Å². The van der Waals surface area contributed by atoms with Crippen molar-refractivity contribution in [3.05, 3.63) is 95.0 Å². The summed E-state index contributed by atoms with van der Waals surface area (Å²) >= 11 is 3.24. The maximum absolute atomic E-state index is 13.3. The Morgan fingerprint density at radius 2 is 1.90 bits per heavy atom. The van der Waals surface area contributed by atoms with Crippen LogP contribution in [-0.2, 0) is 0 Å². The molecule has 29 heavy (non-hydrogen) atoms. The van der Waals surface area contributed by atoms with Crippen LogP contribution in [0.3, 0.4) is 0 Å². The highest BCUT2D eigenvalue weighted by Gasteiger charge is 2.17. The van der Waals surface area contributed by atoms with Crippen LogP contribution >= 0.6 is 15.9 Å². The molecule has 0 aliphatic heterocycles. The molecule has 1 N–H and O–H groups in total. The Balaban J connectivity index is 1.55. The number of halogens is 2. The fourth-order valence-corrected chi connectivity index (χ4v) is 3.04. The number of hydrogen-bond donors (Lipinski definition) is 1. The van der Waals surface area contributed by atoms with Gasteiger partial charge in [0, 0.05) is 18.5 Å². The quantitative estimate of drug-likeness (QED) is 0.450. The molecule has 0 unspecified atom stereocenters. The molecular weight excluding hydrogens is 439 g/mol. The highest BCUT2D eigenvalue weighted by molar-refractivity contribution is 9.10. The van der Waals surface area contributed by atoms with Crippen molar-refractivity contribution in [3.63, 3.8) is 0 Å². The highest BCUT2D eigenvalue weighted by atomic mass is 79.9. The lowest BCUT2D eigenvalue weighted by molar-refractivity contribution is 0.102. The molecule has 6 nitrogen and oxygen atoms in total. The molecule has 0 bridgehead atoms. The van der Waals surface area contributed by atoms with E-state index >= 15 is 0 Å². The molecule has 0 saturated carbocycles. The summed E-state index contributed by atoms with van der Waals surface area (Å²) in [7, 11) is 0. The van der Waals surface area contributed by atoms with Crippen LogP contribution in [0.15, 0.2) is 83.6 Å². The van der Waals surface area contributed by atoms with Gasteiger partial charge >= 0.3 is 0 Å². The van der Waals surface area contributed by atoms with Gasteiger partial charge in [0.05, 0.1) is 10.2 Å². The van der Waals surface area contributed by atoms with E-state index in [4.69, 9.17) is 4.74 Å². The average Bonchev–Trinajstić information content (AvgIpc) is 3.19. The zero-order valence-corrected chi connectivity index (χ0v) is 16.5. The minimum absolute atomic E-state index is 0.0970. The standard InChI is InChI=1S/C21H14BrFN4O2/c22-17-13-14(23)8-9-18(17)29-21-16(7-4-11-24-21)20(28)25-19-10-12-27(26-19)15-5-2-1-3-6-15/h1-13H,(H,25,26,28). The molecule has 0 radical (unpaired) electrons. The maximum Gasteiger partial charge on any atom is 0.262 e. The van der Waals surface area contributed by atoms with Crippen molar-refractivity contribution in [2.45, 2.75) is 0 Å². The number of nitrogens with zero attached hydrogens (tertiary/aromatic N) is 3. The van der Waals surface area contributed by atoms with E-state index in [0.29, 0.717) is 16.0 Å². The minimum atomic E-state index is -0.426. The molecule has 0 fully saturated rings. The molecule has 0 aliphatic rings. The summed E-state index contributed by atoms with van der Waals surface area (Å²) in [6.07, 6.45) is 3.26. The summed E-state index contributed by atoms with van der Waals surface area (Å²) in [4.78, 5) is 16.9. The van der Waals surface area contributed by atoms with Gasteiger partial charge in [0.2, 0.25) is 5.88 Å². The molecule has 4 rings (SSSR count). The first-order valence-corrected chi connectivity index (χ1v) is 9.40. The van der Waals surface area contributed by atoms with Gasteiger partial charge in [-0.25, -0.2) is 14.1 Å². The van der Waals surface area contributed by atoms with Crippen LogP contribution in [0.4, 0.5) is 10.2 Å². The lowest BCUT2D eigenvalue weighted by atomic mass is 10.2. The van der Waals surface area contributed by atoms with Gasteiger partial charge in [-0.15, -0.1) is 0 Å². The summed E-state index contributed by atoms with van der Waals surface area (Å²) in [5, 5.41) is 7.09. The Morgan fingerprint density at radius 3 is 2.69 bits per heavy atom. The van der Waals surface area contributed by atoms with Crippen LogP contribution in [0.1, 0.15) is 10.4 Å². The van der Waals surface area contributed by atoms with Crippen molar-refractivity contribution in [1.82, 2.24) is 14.8 Å². The maximum atomic E-state index is 13.3. The SMILES string of the molecule is O=C(Nc1ccn(-c2ccccc2)n1)c1cccnc1Oc1ccc(F)cc1Br. The average molecular weight is 453 g/mol. The molecule has 0 saturated heterocycles. The number of carbonyl (C=O) groups is 1. The Bertz CT molecular complexity index is 1160. The van der Waals surface area contributed by atoms with Gasteiger partial charge in [-0.3, -0.25) is 4.79 Å². The monoisotopic (exact) mass is 452 g/mol. The topological polar surface area (TPSA) is 69.0 Å². The summed E-state index contributed by atoms with van der Waals surface area (Å²) < 4.78 is 21.1. The first-order chi connectivity index (χ1) is 14.1. The van der Waals surface area contributed by atoms with Crippen LogP contribution in [0.2, 0.25) is 0 Å². The zero-order chi connectivity index (χ0) is 20.2. The molecule has 0 spiro atoms. The summed E-state index contributed by atoms with van der Waals surface area (Å²) in [5.41, 5.74) is 1.09. The molecule has 0 atom stereocenters. The van der Waals surface area contributed by atoms with Gasteiger partial charge in [0.25, 0.3) is 5.91 Å². The Hall–Kier alpha value is -3.52. The molecule has 4 aromatic rings. The molecule has 0 aliphatic carbocycles. The van der Waals surface area contributed by atoms with Gasteiger partial charge in [-0.05, 0) is 58.4 Å². The summed E-state index contributed by atoms with van der Waals surface area (Å²) in [6, 6.07) is 18.4. The van der Waals surface area contributed by atoms with Crippen molar-refractivity contribution >= 4 is 27.7 Å². The Labute approximate surface area is 174 Å². The molecule has 8 heteroatoms. The number of amides is 1. The van der Waals surface area contributed by atoms with Gasteiger partial charge in [-0.1, -0.05) is 18.2 Å². The third-order valence-corrected chi connectivity index (χ3v) is 4.59. The van der Waals surface area contributed by atoms with E-state index < -0.39 is 11.7 Å². The third-order valence-electron chi connectivity index (χ3n) is 3.97. The van der Waals surface area contributed by atoms with Crippen LogP contribution in [0, 0.1) is 5.82 Å². The molecule has 144 valence electrons. The largest absolute Gasteiger partial charge is 0.437 e. The number of ether oxygens (including phenoxy) is 1. The molecule has 2 aromatic carbocycles. The number of hydrogen-bond acceptors (Lipinski definition) is 4. The second-order valence-corrected chi connectivity index (χ2v) is 6.82. The number of anilines is 1. The number of aromatic nitrogens is 3. The fraction of sp³-hybridized carbons (Fsp3) is 0.